The number of fused-ring (bicyclic) bond motifs is 2. The summed E-state index contributed by atoms with van der Waals surface area (Å²) in [5.41, 5.74) is -1.68. The average molecular weight is 320 g/mol. The van der Waals surface area contributed by atoms with Crippen LogP contribution in [0.4, 0.5) is 0 Å². The van der Waals surface area contributed by atoms with Crippen molar-refractivity contribution in [2.75, 3.05) is 0 Å². The smallest absolute Gasteiger partial charge is 0.295 e. The van der Waals surface area contributed by atoms with Crippen LogP contribution in [-0.4, -0.2) is 34.8 Å². The molecule has 0 bridgehead atoms. The molecule has 3 rings (SSSR count). The molecule has 0 saturated heterocycles. The maximum atomic E-state index is 12.5. The SMILES string of the molecule is O=C1c2cccc(S(=O)(=O)O)c2C(=O)c2c(O)ccc(O)c21. The van der Waals surface area contributed by atoms with Crippen molar-refractivity contribution in [1.82, 2.24) is 0 Å². The number of aromatic hydroxyl groups is 2. The van der Waals surface area contributed by atoms with E-state index in [0.717, 1.165) is 18.2 Å². The van der Waals surface area contributed by atoms with Gasteiger partial charge in [-0.1, -0.05) is 12.1 Å². The van der Waals surface area contributed by atoms with E-state index in [4.69, 9.17) is 0 Å². The van der Waals surface area contributed by atoms with Crippen molar-refractivity contribution in [3.63, 3.8) is 0 Å². The lowest BCUT2D eigenvalue weighted by atomic mass is 9.83. The third-order valence-electron chi connectivity index (χ3n) is 3.39. The standard InChI is InChI=1S/C14H8O7S/c15-7-4-5-8(16)12-11(7)13(17)6-2-1-3-9(22(19,20)21)10(6)14(12)18/h1-5,15-16H,(H,19,20,21). The Hall–Kier alpha value is -2.71. The molecule has 3 N–H and O–H groups in total. The maximum Gasteiger partial charge on any atom is 0.295 e. The van der Waals surface area contributed by atoms with Crippen LogP contribution in [0, 0.1) is 0 Å². The summed E-state index contributed by atoms with van der Waals surface area (Å²) in [6, 6.07) is 5.44. The zero-order valence-electron chi connectivity index (χ0n) is 10.8. The third-order valence-corrected chi connectivity index (χ3v) is 4.29. The normalized spacial score (nSPS) is 13.7. The Morgan fingerprint density at radius 3 is 1.86 bits per heavy atom. The average Bonchev–Trinajstić information content (AvgIpc) is 2.45. The first-order valence-corrected chi connectivity index (χ1v) is 7.42. The van der Waals surface area contributed by atoms with Crippen LogP contribution in [0.1, 0.15) is 31.8 Å². The van der Waals surface area contributed by atoms with Crippen LogP contribution in [0.25, 0.3) is 0 Å². The molecule has 0 fully saturated rings. The number of rotatable bonds is 1. The van der Waals surface area contributed by atoms with Gasteiger partial charge in [0, 0.05) is 5.56 Å². The second kappa shape index (κ2) is 4.39. The van der Waals surface area contributed by atoms with Crippen molar-refractivity contribution in [2.45, 2.75) is 4.90 Å². The Labute approximate surface area is 124 Å². The van der Waals surface area contributed by atoms with Crippen LogP contribution < -0.4 is 0 Å². The number of benzene rings is 2. The highest BCUT2D eigenvalue weighted by Crippen LogP contribution is 2.39. The summed E-state index contributed by atoms with van der Waals surface area (Å²) < 4.78 is 32.0. The molecular weight excluding hydrogens is 312 g/mol. The molecule has 8 heteroatoms. The van der Waals surface area contributed by atoms with Crippen LogP contribution in [0.5, 0.6) is 11.5 Å². The highest BCUT2D eigenvalue weighted by atomic mass is 32.2. The van der Waals surface area contributed by atoms with Crippen molar-refractivity contribution in [3.8, 4) is 11.5 Å². The summed E-state index contributed by atoms with van der Waals surface area (Å²) in [5, 5.41) is 19.6. The van der Waals surface area contributed by atoms with Gasteiger partial charge in [-0.15, -0.1) is 0 Å². The van der Waals surface area contributed by atoms with E-state index < -0.39 is 54.8 Å². The van der Waals surface area contributed by atoms with Gasteiger partial charge >= 0.3 is 0 Å². The van der Waals surface area contributed by atoms with Gasteiger partial charge in [-0.2, -0.15) is 8.42 Å². The monoisotopic (exact) mass is 320 g/mol. The quantitative estimate of drug-likeness (QED) is 0.452. The number of hydrogen-bond donors (Lipinski definition) is 3. The third kappa shape index (κ3) is 1.81. The van der Waals surface area contributed by atoms with Crippen LogP contribution in [0.3, 0.4) is 0 Å². The van der Waals surface area contributed by atoms with Gasteiger partial charge in [0.05, 0.1) is 16.7 Å². The van der Waals surface area contributed by atoms with Crippen LogP contribution in [-0.2, 0) is 10.1 Å². The Morgan fingerprint density at radius 1 is 0.773 bits per heavy atom. The summed E-state index contributed by atoms with van der Waals surface area (Å²) in [6.07, 6.45) is 0. The lowest BCUT2D eigenvalue weighted by molar-refractivity contribution is 0.0971. The first-order chi connectivity index (χ1) is 10.2. The van der Waals surface area contributed by atoms with Crippen molar-refractivity contribution >= 4 is 21.7 Å². The molecule has 112 valence electrons. The molecule has 0 aliphatic heterocycles. The Bertz CT molecular complexity index is 957. The van der Waals surface area contributed by atoms with E-state index in [1.165, 1.54) is 12.1 Å². The molecule has 0 spiro atoms. The van der Waals surface area contributed by atoms with E-state index in [1.807, 2.05) is 0 Å². The predicted molar refractivity (Wildman–Crippen MR) is 72.9 cm³/mol. The van der Waals surface area contributed by atoms with Gasteiger partial charge in [0.2, 0.25) is 0 Å². The van der Waals surface area contributed by atoms with Crippen LogP contribution in [0.15, 0.2) is 35.2 Å². The second-order valence-electron chi connectivity index (χ2n) is 4.67. The Morgan fingerprint density at radius 2 is 1.32 bits per heavy atom. The van der Waals surface area contributed by atoms with Gasteiger partial charge in [-0.25, -0.2) is 0 Å². The second-order valence-corrected chi connectivity index (χ2v) is 6.06. The molecule has 0 saturated carbocycles. The minimum Gasteiger partial charge on any atom is -0.507 e. The lowest BCUT2D eigenvalue weighted by Crippen LogP contribution is -2.24. The summed E-state index contributed by atoms with van der Waals surface area (Å²) in [7, 11) is -4.74. The number of carbonyl (C=O) groups excluding carboxylic acids is 2. The fraction of sp³-hybridized carbons (Fsp3) is 0. The first-order valence-electron chi connectivity index (χ1n) is 5.98. The fourth-order valence-corrected chi connectivity index (χ4v) is 3.18. The number of carbonyl (C=O) groups is 2. The zero-order valence-corrected chi connectivity index (χ0v) is 11.6. The van der Waals surface area contributed by atoms with E-state index >= 15 is 0 Å². The van der Waals surface area contributed by atoms with Gasteiger partial charge in [0.25, 0.3) is 10.1 Å². The van der Waals surface area contributed by atoms with Crippen LogP contribution >= 0.6 is 0 Å². The first kappa shape index (κ1) is 14.2. The molecular formula is C14H8O7S. The molecule has 7 nitrogen and oxygen atoms in total. The lowest BCUT2D eigenvalue weighted by Gasteiger charge is -2.20. The van der Waals surface area contributed by atoms with Crippen molar-refractivity contribution in [1.29, 1.82) is 0 Å². The molecule has 0 heterocycles. The predicted octanol–water partition coefficient (Wildman–Crippen LogP) is 1.12. The minimum absolute atomic E-state index is 0.270. The molecule has 22 heavy (non-hydrogen) atoms. The van der Waals surface area contributed by atoms with E-state index in [2.05, 4.69) is 0 Å². The molecule has 0 aromatic heterocycles. The van der Waals surface area contributed by atoms with Gasteiger partial charge in [-0.05, 0) is 18.2 Å². The van der Waals surface area contributed by atoms with Gasteiger partial charge in [0.1, 0.15) is 16.4 Å². The summed E-state index contributed by atoms with van der Waals surface area (Å²) in [6.45, 7) is 0. The van der Waals surface area contributed by atoms with Crippen molar-refractivity contribution < 1.29 is 32.8 Å². The summed E-state index contributed by atoms with van der Waals surface area (Å²) in [4.78, 5) is 24.2. The molecule has 0 unspecified atom stereocenters. The highest BCUT2D eigenvalue weighted by molar-refractivity contribution is 7.86. The number of phenolic OH excluding ortho intramolecular Hbond substituents is 2. The minimum atomic E-state index is -4.74. The van der Waals surface area contributed by atoms with Crippen molar-refractivity contribution in [3.05, 3.63) is 52.6 Å². The topological polar surface area (TPSA) is 129 Å². The Kier molecular flexibility index (Phi) is 2.84. The molecule has 1 aliphatic carbocycles. The molecule has 2 aromatic carbocycles. The van der Waals surface area contributed by atoms with Gasteiger partial charge in [-0.3, -0.25) is 14.1 Å². The number of ketones is 2. The Balaban J connectivity index is 2.45. The highest BCUT2D eigenvalue weighted by Gasteiger charge is 2.37. The molecule has 1 aliphatic rings. The molecule has 0 atom stereocenters. The van der Waals surface area contributed by atoms with Gasteiger partial charge in [0.15, 0.2) is 11.6 Å². The largest absolute Gasteiger partial charge is 0.507 e. The van der Waals surface area contributed by atoms with E-state index in [0.29, 0.717) is 0 Å². The summed E-state index contributed by atoms with van der Waals surface area (Å²) >= 11 is 0. The van der Waals surface area contributed by atoms with E-state index in [-0.39, 0.29) is 5.56 Å². The number of phenols is 2. The van der Waals surface area contributed by atoms with Gasteiger partial charge < -0.3 is 10.2 Å². The molecule has 0 amide bonds. The van der Waals surface area contributed by atoms with E-state index in [1.54, 1.807) is 0 Å². The molecule has 2 aromatic rings. The zero-order chi connectivity index (χ0) is 16.2. The number of hydrogen-bond acceptors (Lipinski definition) is 6. The van der Waals surface area contributed by atoms with Crippen molar-refractivity contribution in [2.24, 2.45) is 0 Å². The van der Waals surface area contributed by atoms with E-state index in [9.17, 15) is 32.8 Å². The van der Waals surface area contributed by atoms with Crippen LogP contribution in [0.2, 0.25) is 0 Å². The summed E-state index contributed by atoms with van der Waals surface area (Å²) in [5.74, 6) is -2.86. The fourth-order valence-electron chi connectivity index (χ4n) is 2.47. The molecule has 0 radical (unpaired) electrons. The maximum absolute atomic E-state index is 12.5.